The summed E-state index contributed by atoms with van der Waals surface area (Å²) in [5.74, 6) is -1.73. The third kappa shape index (κ3) is 4.75. The first-order valence-electron chi connectivity index (χ1n) is 10.4. The van der Waals surface area contributed by atoms with Crippen LogP contribution in [0.1, 0.15) is 33.6 Å². The molecule has 0 unspecified atom stereocenters. The molecule has 1 saturated heterocycles. The predicted molar refractivity (Wildman–Crippen MR) is 128 cm³/mol. The van der Waals surface area contributed by atoms with Crippen molar-refractivity contribution in [2.45, 2.75) is 22.5 Å². The molecule has 1 heterocycles. The van der Waals surface area contributed by atoms with Crippen LogP contribution in [0.25, 0.3) is 0 Å². The molecule has 2 amide bonds. The quantitative estimate of drug-likeness (QED) is 0.221. The van der Waals surface area contributed by atoms with Gasteiger partial charge < -0.3 is 9.47 Å². The van der Waals surface area contributed by atoms with Crippen LogP contribution in [0, 0.1) is 11.8 Å². The van der Waals surface area contributed by atoms with Gasteiger partial charge in [-0.15, -0.1) is 0 Å². The van der Waals surface area contributed by atoms with Crippen LogP contribution in [0.3, 0.4) is 0 Å². The zero-order chi connectivity index (χ0) is 23.7. The molecule has 1 aliphatic heterocycles. The van der Waals surface area contributed by atoms with Gasteiger partial charge in [-0.2, -0.15) is 0 Å². The van der Waals surface area contributed by atoms with Crippen molar-refractivity contribution in [2.75, 3.05) is 18.6 Å². The molecule has 7 nitrogen and oxygen atoms in total. The lowest BCUT2D eigenvalue weighted by atomic mass is 9.81. The maximum Gasteiger partial charge on any atom is 0.338 e. The van der Waals surface area contributed by atoms with E-state index >= 15 is 0 Å². The van der Waals surface area contributed by atoms with E-state index in [1.54, 1.807) is 36.4 Å². The number of Topliss-reactive ketones (excluding diaryl/α,β-unsaturated/α-hetero) is 1. The van der Waals surface area contributed by atoms with Gasteiger partial charge in [0.05, 0.1) is 30.2 Å². The smallest absolute Gasteiger partial charge is 0.338 e. The summed E-state index contributed by atoms with van der Waals surface area (Å²) in [5, 5.41) is 0. The lowest BCUT2D eigenvalue weighted by molar-refractivity contribution is -0.122. The van der Waals surface area contributed by atoms with E-state index in [9.17, 15) is 19.2 Å². The number of nitrogens with zero attached hydrogens (tertiary/aromatic N) is 1. The number of ketones is 1. The molecule has 172 valence electrons. The molecule has 4 atom stereocenters. The van der Waals surface area contributed by atoms with Gasteiger partial charge >= 0.3 is 5.97 Å². The number of methoxy groups -OCH3 is 1. The average molecular weight is 579 g/mol. The molecule has 0 radical (unpaired) electrons. The fraction of sp³-hybridized carbons (Fsp3) is 0.333. The Morgan fingerprint density at radius 1 is 0.939 bits per heavy atom. The number of ether oxygens (including phenoxy) is 2. The van der Waals surface area contributed by atoms with Crippen molar-refractivity contribution in [3.05, 3.63) is 59.7 Å². The van der Waals surface area contributed by atoms with E-state index < -0.39 is 12.6 Å². The molecule has 2 fully saturated rings. The lowest BCUT2D eigenvalue weighted by Crippen LogP contribution is -2.34. The molecule has 0 aromatic heterocycles. The van der Waals surface area contributed by atoms with E-state index in [0.29, 0.717) is 29.8 Å². The number of esters is 1. The fourth-order valence-corrected chi connectivity index (χ4v) is 5.43. The predicted octanol–water partition coefficient (Wildman–Crippen LogP) is 4.16. The van der Waals surface area contributed by atoms with E-state index in [4.69, 9.17) is 9.47 Å². The molecule has 2 aromatic carbocycles. The highest BCUT2D eigenvalue weighted by Gasteiger charge is 2.52. The molecule has 0 bridgehead atoms. The molecule has 2 aromatic rings. The first kappa shape index (κ1) is 23.6. The summed E-state index contributed by atoms with van der Waals surface area (Å²) in [6.45, 7) is -0.430. The van der Waals surface area contributed by atoms with Crippen LogP contribution in [0.15, 0.2) is 48.5 Å². The molecule has 0 spiro atoms. The maximum absolute atomic E-state index is 13.0. The number of rotatable bonds is 6. The van der Waals surface area contributed by atoms with E-state index in [1.165, 1.54) is 24.1 Å². The van der Waals surface area contributed by atoms with Crippen molar-refractivity contribution in [3.63, 3.8) is 0 Å². The number of hydrogen-bond acceptors (Lipinski definition) is 6. The number of benzene rings is 2. The third-order valence-electron chi connectivity index (χ3n) is 6.00. The van der Waals surface area contributed by atoms with Crippen molar-refractivity contribution in [3.8, 4) is 5.75 Å². The minimum Gasteiger partial charge on any atom is -0.497 e. The van der Waals surface area contributed by atoms with Crippen LogP contribution in [-0.4, -0.2) is 46.9 Å². The van der Waals surface area contributed by atoms with Gasteiger partial charge in [0.2, 0.25) is 11.8 Å². The normalized spacial score (nSPS) is 24.4. The van der Waals surface area contributed by atoms with Gasteiger partial charge in [0.1, 0.15) is 5.75 Å². The van der Waals surface area contributed by atoms with Crippen molar-refractivity contribution in [2.24, 2.45) is 11.8 Å². The Balaban J connectivity index is 1.45. The van der Waals surface area contributed by atoms with Gasteiger partial charge in [-0.05, 0) is 55.3 Å². The van der Waals surface area contributed by atoms with Crippen LogP contribution in [-0.2, 0) is 14.3 Å². The van der Waals surface area contributed by atoms with Crippen molar-refractivity contribution >= 4 is 61.1 Å². The minimum atomic E-state index is -0.712. The van der Waals surface area contributed by atoms with Crippen molar-refractivity contribution in [1.29, 1.82) is 0 Å². The van der Waals surface area contributed by atoms with E-state index in [2.05, 4.69) is 31.9 Å². The van der Waals surface area contributed by atoms with Crippen LogP contribution < -0.4 is 9.64 Å². The molecular formula is C24H21Br2NO6. The number of carbonyl (C=O) groups is 4. The molecule has 2 aliphatic rings. The number of anilines is 1. The van der Waals surface area contributed by atoms with Gasteiger partial charge in [-0.1, -0.05) is 37.9 Å². The van der Waals surface area contributed by atoms with E-state index in [-0.39, 0.29) is 44.7 Å². The second-order valence-electron chi connectivity index (χ2n) is 8.01. The minimum absolute atomic E-state index is 0.111. The molecular weight excluding hydrogens is 558 g/mol. The second kappa shape index (κ2) is 9.77. The standard InChI is InChI=1S/C24H21Br2NO6/c1-32-16-7-5-13(6-8-16)21(28)12-33-24(31)14-3-2-4-15(9-14)27-22(29)17-10-19(25)20(26)11-18(17)23(27)30/h2-9,17-20H,10-12H2,1H3/t17-,18+,19-,20-/m0/s1. The lowest BCUT2D eigenvalue weighted by Gasteiger charge is -2.29. The Bertz CT molecular complexity index is 1070. The van der Waals surface area contributed by atoms with Crippen molar-refractivity contribution < 1.29 is 28.7 Å². The summed E-state index contributed by atoms with van der Waals surface area (Å²) in [4.78, 5) is 52.3. The number of alkyl halides is 2. The monoisotopic (exact) mass is 577 g/mol. The van der Waals surface area contributed by atoms with Gasteiger partial charge in [-0.25, -0.2) is 4.79 Å². The molecule has 33 heavy (non-hydrogen) atoms. The summed E-state index contributed by atoms with van der Waals surface area (Å²) in [5.41, 5.74) is 0.873. The first-order chi connectivity index (χ1) is 15.8. The molecule has 1 aliphatic carbocycles. The second-order valence-corrected chi connectivity index (χ2v) is 10.4. The molecule has 0 N–H and O–H groups in total. The summed E-state index contributed by atoms with van der Waals surface area (Å²) < 4.78 is 10.2. The molecule has 1 saturated carbocycles. The van der Waals surface area contributed by atoms with Crippen LogP contribution in [0.4, 0.5) is 5.69 Å². The summed E-state index contributed by atoms with van der Waals surface area (Å²) in [6, 6.07) is 12.6. The average Bonchev–Trinajstić information content (AvgIpc) is 3.06. The van der Waals surface area contributed by atoms with Crippen LogP contribution in [0.2, 0.25) is 0 Å². The third-order valence-corrected chi connectivity index (χ3v) is 8.73. The number of amides is 2. The first-order valence-corrected chi connectivity index (χ1v) is 12.2. The zero-order valence-corrected chi connectivity index (χ0v) is 20.9. The van der Waals surface area contributed by atoms with E-state index in [1.807, 2.05) is 0 Å². The van der Waals surface area contributed by atoms with Crippen molar-refractivity contribution in [1.82, 2.24) is 0 Å². The topological polar surface area (TPSA) is 90.0 Å². The number of fused-ring (bicyclic) bond motifs is 1. The maximum atomic E-state index is 13.0. The Labute approximate surface area is 207 Å². The summed E-state index contributed by atoms with van der Waals surface area (Å²) >= 11 is 7.15. The van der Waals surface area contributed by atoms with Crippen LogP contribution >= 0.6 is 31.9 Å². The largest absolute Gasteiger partial charge is 0.497 e. The SMILES string of the molecule is COc1ccc(C(=O)COC(=O)c2cccc(N3C(=O)[C@H]4C[C@H](Br)[C@@H](Br)C[C@H]4C3=O)c2)cc1. The highest BCUT2D eigenvalue weighted by molar-refractivity contribution is 9.12. The summed E-state index contributed by atoms with van der Waals surface area (Å²) in [7, 11) is 1.53. The van der Waals surface area contributed by atoms with Gasteiger partial charge in [0.15, 0.2) is 12.4 Å². The van der Waals surface area contributed by atoms with Gasteiger partial charge in [-0.3, -0.25) is 19.3 Å². The van der Waals surface area contributed by atoms with Crippen LogP contribution in [0.5, 0.6) is 5.75 Å². The van der Waals surface area contributed by atoms with Gasteiger partial charge in [0, 0.05) is 15.2 Å². The van der Waals surface area contributed by atoms with E-state index in [0.717, 1.165) is 0 Å². The molecule has 4 rings (SSSR count). The number of halogens is 2. The Hall–Kier alpha value is -2.52. The Morgan fingerprint density at radius 3 is 2.12 bits per heavy atom. The Morgan fingerprint density at radius 2 is 1.55 bits per heavy atom. The highest BCUT2D eigenvalue weighted by Crippen LogP contribution is 2.44. The number of imide groups is 1. The number of hydrogen-bond donors (Lipinski definition) is 0. The Kier molecular flexibility index (Phi) is 6.99. The summed E-state index contributed by atoms with van der Waals surface area (Å²) in [6.07, 6.45) is 1.13. The molecule has 9 heteroatoms. The zero-order valence-electron chi connectivity index (χ0n) is 17.7. The highest BCUT2D eigenvalue weighted by atomic mass is 79.9. The fourth-order valence-electron chi connectivity index (χ4n) is 4.20. The van der Waals surface area contributed by atoms with Gasteiger partial charge in [0.25, 0.3) is 0 Å². The number of carbonyl (C=O) groups excluding carboxylic acids is 4.